The van der Waals surface area contributed by atoms with Crippen molar-refractivity contribution in [2.75, 3.05) is 5.32 Å². The Balaban J connectivity index is 1.66. The Kier molecular flexibility index (Phi) is 4.56. The first-order chi connectivity index (χ1) is 10.5. The molecular weight excluding hydrogens is 270 g/mol. The maximum Gasteiger partial charge on any atom is 0.227 e. The molecule has 2 aliphatic carbocycles. The van der Waals surface area contributed by atoms with E-state index in [0.29, 0.717) is 17.8 Å². The topological polar surface area (TPSA) is 29.1 Å². The molecule has 3 atom stereocenters. The monoisotopic (exact) mass is 299 g/mol. The van der Waals surface area contributed by atoms with E-state index in [1.807, 2.05) is 0 Å². The summed E-state index contributed by atoms with van der Waals surface area (Å²) in [7, 11) is 0. The van der Waals surface area contributed by atoms with Gasteiger partial charge in [-0.3, -0.25) is 4.79 Å². The molecule has 1 aromatic rings. The smallest absolute Gasteiger partial charge is 0.227 e. The quantitative estimate of drug-likeness (QED) is 0.812. The number of hydrogen-bond acceptors (Lipinski definition) is 1. The molecule has 2 nitrogen and oxygen atoms in total. The van der Waals surface area contributed by atoms with Gasteiger partial charge in [-0.05, 0) is 67.1 Å². The Morgan fingerprint density at radius 2 is 1.77 bits per heavy atom. The number of carbonyl (C=O) groups excluding carboxylic acids is 1. The zero-order valence-corrected chi connectivity index (χ0v) is 14.1. The van der Waals surface area contributed by atoms with E-state index in [-0.39, 0.29) is 11.8 Å². The van der Waals surface area contributed by atoms with Crippen molar-refractivity contribution < 1.29 is 4.79 Å². The first-order valence-electron chi connectivity index (χ1n) is 8.95. The zero-order valence-electron chi connectivity index (χ0n) is 14.1. The minimum atomic E-state index is 0.173. The summed E-state index contributed by atoms with van der Waals surface area (Å²) in [6.45, 7) is 6.79. The van der Waals surface area contributed by atoms with Crippen molar-refractivity contribution in [2.24, 2.45) is 23.7 Å². The van der Waals surface area contributed by atoms with Crippen molar-refractivity contribution in [2.45, 2.75) is 58.8 Å². The van der Waals surface area contributed by atoms with Gasteiger partial charge in [0.1, 0.15) is 0 Å². The molecular formula is C20H29NO. The minimum Gasteiger partial charge on any atom is -0.326 e. The number of rotatable bonds is 4. The van der Waals surface area contributed by atoms with E-state index in [9.17, 15) is 4.79 Å². The Morgan fingerprint density at radius 1 is 1.09 bits per heavy atom. The van der Waals surface area contributed by atoms with Crippen LogP contribution in [0.1, 0.15) is 64.4 Å². The molecule has 0 aliphatic heterocycles. The van der Waals surface area contributed by atoms with Crippen LogP contribution in [0.5, 0.6) is 0 Å². The molecule has 0 aromatic heterocycles. The Bertz CT molecular complexity index is 515. The molecule has 2 fully saturated rings. The molecule has 1 aromatic carbocycles. The van der Waals surface area contributed by atoms with E-state index in [0.717, 1.165) is 18.0 Å². The van der Waals surface area contributed by atoms with Gasteiger partial charge < -0.3 is 5.32 Å². The molecule has 120 valence electrons. The van der Waals surface area contributed by atoms with Crippen LogP contribution in [0.25, 0.3) is 0 Å². The van der Waals surface area contributed by atoms with Crippen molar-refractivity contribution in [3.63, 3.8) is 0 Å². The molecule has 0 saturated heterocycles. The minimum absolute atomic E-state index is 0.173. The first kappa shape index (κ1) is 15.6. The summed E-state index contributed by atoms with van der Waals surface area (Å²) in [4.78, 5) is 12.7. The molecule has 2 aliphatic rings. The molecule has 0 unspecified atom stereocenters. The third kappa shape index (κ3) is 3.53. The van der Waals surface area contributed by atoms with Crippen LogP contribution in [-0.2, 0) is 4.79 Å². The lowest BCUT2D eigenvalue weighted by molar-refractivity contribution is -0.123. The van der Waals surface area contributed by atoms with Crippen molar-refractivity contribution in [1.29, 1.82) is 0 Å². The highest BCUT2D eigenvalue weighted by atomic mass is 16.1. The molecule has 3 rings (SSSR count). The number of amides is 1. The normalized spacial score (nSPS) is 28.6. The number of carbonyl (C=O) groups is 1. The maximum atomic E-state index is 12.7. The van der Waals surface area contributed by atoms with Gasteiger partial charge in [0.05, 0.1) is 0 Å². The summed E-state index contributed by atoms with van der Waals surface area (Å²) in [5.74, 6) is 2.95. The van der Waals surface area contributed by atoms with Crippen LogP contribution >= 0.6 is 0 Å². The molecule has 2 heteroatoms. The van der Waals surface area contributed by atoms with Gasteiger partial charge in [-0.2, -0.15) is 0 Å². The van der Waals surface area contributed by atoms with Crippen LogP contribution in [0.15, 0.2) is 24.3 Å². The fourth-order valence-corrected chi connectivity index (χ4v) is 3.99. The van der Waals surface area contributed by atoms with Gasteiger partial charge in [-0.15, -0.1) is 0 Å². The summed E-state index contributed by atoms with van der Waals surface area (Å²) in [5, 5.41) is 3.16. The van der Waals surface area contributed by atoms with Crippen molar-refractivity contribution >= 4 is 11.6 Å². The number of anilines is 1. The van der Waals surface area contributed by atoms with Gasteiger partial charge in [-0.1, -0.05) is 39.3 Å². The Morgan fingerprint density at radius 3 is 2.36 bits per heavy atom. The summed E-state index contributed by atoms with van der Waals surface area (Å²) >= 11 is 0. The molecule has 0 heterocycles. The lowest BCUT2D eigenvalue weighted by Crippen LogP contribution is -2.36. The predicted molar refractivity (Wildman–Crippen MR) is 91.9 cm³/mol. The third-order valence-electron chi connectivity index (χ3n) is 5.59. The highest BCUT2D eigenvalue weighted by molar-refractivity contribution is 5.92. The highest BCUT2D eigenvalue weighted by Gasteiger charge is 2.35. The second kappa shape index (κ2) is 6.44. The second-order valence-electron chi connectivity index (χ2n) is 7.82. The molecule has 1 amide bonds. The van der Waals surface area contributed by atoms with Gasteiger partial charge in [-0.25, -0.2) is 0 Å². The average Bonchev–Trinajstić information content (AvgIpc) is 3.32. The van der Waals surface area contributed by atoms with Crippen LogP contribution in [0.4, 0.5) is 5.69 Å². The maximum absolute atomic E-state index is 12.7. The van der Waals surface area contributed by atoms with Gasteiger partial charge in [0.15, 0.2) is 0 Å². The highest BCUT2D eigenvalue weighted by Crippen LogP contribution is 2.41. The molecule has 0 spiro atoms. The van der Waals surface area contributed by atoms with Crippen molar-refractivity contribution in [3.8, 4) is 0 Å². The van der Waals surface area contributed by atoms with E-state index in [4.69, 9.17) is 0 Å². The number of nitrogens with one attached hydrogen (secondary N) is 1. The predicted octanol–water partition coefficient (Wildman–Crippen LogP) is 5.21. The summed E-state index contributed by atoms with van der Waals surface area (Å²) in [6.07, 6.45) is 6.14. The zero-order chi connectivity index (χ0) is 15.7. The van der Waals surface area contributed by atoms with Crippen LogP contribution in [0, 0.1) is 23.7 Å². The third-order valence-corrected chi connectivity index (χ3v) is 5.59. The average molecular weight is 299 g/mol. The lowest BCUT2D eigenvalue weighted by atomic mass is 9.70. The summed E-state index contributed by atoms with van der Waals surface area (Å²) < 4.78 is 0. The molecule has 0 bridgehead atoms. The SMILES string of the molecule is CC(C)[C@@H]1CC[C@@H](C)C[C@H]1C(=O)Nc1ccc(C2CC2)cc1. The molecule has 22 heavy (non-hydrogen) atoms. The van der Waals surface area contributed by atoms with Gasteiger partial charge >= 0.3 is 0 Å². The van der Waals surface area contributed by atoms with Gasteiger partial charge in [0.2, 0.25) is 5.91 Å². The largest absolute Gasteiger partial charge is 0.326 e. The van der Waals surface area contributed by atoms with Crippen LogP contribution in [0.2, 0.25) is 0 Å². The van der Waals surface area contributed by atoms with Crippen LogP contribution in [0.3, 0.4) is 0 Å². The van der Waals surface area contributed by atoms with E-state index in [1.54, 1.807) is 0 Å². The lowest BCUT2D eigenvalue weighted by Gasteiger charge is -2.36. The summed E-state index contributed by atoms with van der Waals surface area (Å²) in [6, 6.07) is 8.50. The standard InChI is InChI=1S/C20H29NO/c1-13(2)18-11-4-14(3)12-19(18)20(22)21-17-9-7-16(8-10-17)15-5-6-15/h7-10,13-15,18-19H,4-6,11-12H2,1-3H3,(H,21,22)/t14-,18+,19-/m1/s1. The summed E-state index contributed by atoms with van der Waals surface area (Å²) in [5.41, 5.74) is 2.37. The van der Waals surface area contributed by atoms with Gasteiger partial charge in [0.25, 0.3) is 0 Å². The Labute approximate surface area is 134 Å². The Hall–Kier alpha value is -1.31. The van der Waals surface area contributed by atoms with Crippen LogP contribution < -0.4 is 5.32 Å². The van der Waals surface area contributed by atoms with Gasteiger partial charge in [0, 0.05) is 11.6 Å². The molecule has 1 N–H and O–H groups in total. The van der Waals surface area contributed by atoms with Crippen molar-refractivity contribution in [3.05, 3.63) is 29.8 Å². The molecule has 2 saturated carbocycles. The van der Waals surface area contributed by atoms with E-state index in [2.05, 4.69) is 50.4 Å². The van der Waals surface area contributed by atoms with E-state index >= 15 is 0 Å². The fourth-order valence-electron chi connectivity index (χ4n) is 3.99. The number of benzene rings is 1. The van der Waals surface area contributed by atoms with Crippen LogP contribution in [-0.4, -0.2) is 5.91 Å². The molecule has 0 radical (unpaired) electrons. The van der Waals surface area contributed by atoms with E-state index < -0.39 is 0 Å². The first-order valence-corrected chi connectivity index (χ1v) is 8.95. The number of hydrogen-bond donors (Lipinski definition) is 1. The second-order valence-corrected chi connectivity index (χ2v) is 7.82. The fraction of sp³-hybridized carbons (Fsp3) is 0.650. The van der Waals surface area contributed by atoms with E-state index in [1.165, 1.54) is 31.2 Å². The van der Waals surface area contributed by atoms with Crippen molar-refractivity contribution in [1.82, 2.24) is 0 Å².